The zero-order valence-electron chi connectivity index (χ0n) is 5.00. The van der Waals surface area contributed by atoms with Gasteiger partial charge in [0.25, 0.3) is 0 Å². The molecule has 10 heavy (non-hydrogen) atoms. The molecule has 0 aliphatic heterocycles. The summed E-state index contributed by atoms with van der Waals surface area (Å²) in [5, 5.41) is 6.84. The molecule has 0 saturated heterocycles. The number of nitrogens with zero attached hydrogens (tertiary/aromatic N) is 2. The summed E-state index contributed by atoms with van der Waals surface area (Å²) in [4.78, 5) is 6.88. The van der Waals surface area contributed by atoms with Crippen LogP contribution in [0.2, 0.25) is 0 Å². The van der Waals surface area contributed by atoms with Gasteiger partial charge in [-0.25, -0.2) is 14.4 Å². The largest absolute Gasteiger partial charge is 0.381 e. The molecule has 0 spiro atoms. The first kappa shape index (κ1) is 6.60. The summed E-state index contributed by atoms with van der Waals surface area (Å²) in [5.74, 6) is -0.758. The molecular formula is C5H5FN4. The Bertz CT molecular complexity index is 242. The Morgan fingerprint density at radius 3 is 2.40 bits per heavy atom. The van der Waals surface area contributed by atoms with E-state index in [1.807, 2.05) is 0 Å². The van der Waals surface area contributed by atoms with Crippen LogP contribution in [0.5, 0.6) is 0 Å². The molecule has 0 amide bonds. The first-order valence-corrected chi connectivity index (χ1v) is 2.52. The van der Waals surface area contributed by atoms with E-state index in [0.29, 0.717) is 0 Å². The van der Waals surface area contributed by atoms with Crippen LogP contribution in [0, 0.1) is 11.2 Å². The van der Waals surface area contributed by atoms with Gasteiger partial charge in [-0.05, 0) is 0 Å². The van der Waals surface area contributed by atoms with E-state index in [2.05, 4.69) is 9.97 Å². The lowest BCUT2D eigenvalue weighted by Crippen LogP contribution is -2.14. The van der Waals surface area contributed by atoms with Crippen LogP contribution in [0.15, 0.2) is 12.4 Å². The van der Waals surface area contributed by atoms with Crippen molar-refractivity contribution in [1.29, 1.82) is 5.41 Å². The second kappa shape index (κ2) is 2.38. The molecular weight excluding hydrogens is 135 g/mol. The molecule has 4 nitrogen and oxygen atoms in total. The topological polar surface area (TPSA) is 75.7 Å². The average Bonchev–Trinajstić information content (AvgIpc) is 1.88. The van der Waals surface area contributed by atoms with Crippen molar-refractivity contribution in [3.8, 4) is 0 Å². The molecule has 52 valence electrons. The van der Waals surface area contributed by atoms with Crippen LogP contribution in [0.3, 0.4) is 0 Å². The molecule has 0 fully saturated rings. The fraction of sp³-hybridized carbons (Fsp3) is 0. The molecule has 1 aromatic rings. The second-order valence-electron chi connectivity index (χ2n) is 1.64. The van der Waals surface area contributed by atoms with Crippen molar-refractivity contribution in [2.75, 3.05) is 0 Å². The normalized spacial score (nSPS) is 9.30. The Balaban J connectivity index is 3.00. The van der Waals surface area contributed by atoms with Gasteiger partial charge in [0.2, 0.25) is 0 Å². The van der Waals surface area contributed by atoms with Gasteiger partial charge in [-0.2, -0.15) is 0 Å². The summed E-state index contributed by atoms with van der Waals surface area (Å²) >= 11 is 0. The molecule has 1 aromatic heterocycles. The van der Waals surface area contributed by atoms with Crippen LogP contribution >= 0.6 is 0 Å². The quantitative estimate of drug-likeness (QED) is 0.422. The maximum Gasteiger partial charge on any atom is 0.194 e. The Hall–Kier alpha value is -1.52. The highest BCUT2D eigenvalue weighted by molar-refractivity contribution is 5.90. The van der Waals surface area contributed by atoms with Crippen LogP contribution in [-0.4, -0.2) is 15.8 Å². The number of halogens is 1. The number of hydrogen-bond acceptors (Lipinski definition) is 3. The van der Waals surface area contributed by atoms with E-state index in [1.165, 1.54) is 0 Å². The van der Waals surface area contributed by atoms with E-state index < -0.39 is 5.82 Å². The molecule has 0 aliphatic carbocycles. The van der Waals surface area contributed by atoms with Crippen molar-refractivity contribution in [1.82, 2.24) is 9.97 Å². The molecule has 0 atom stereocenters. The van der Waals surface area contributed by atoms with Crippen LogP contribution in [-0.2, 0) is 0 Å². The SMILES string of the molecule is N=C(N)c1ncc(F)cn1. The van der Waals surface area contributed by atoms with Crippen molar-refractivity contribution in [2.45, 2.75) is 0 Å². The molecule has 0 aromatic carbocycles. The Morgan fingerprint density at radius 2 is 2.00 bits per heavy atom. The Morgan fingerprint density at radius 1 is 1.50 bits per heavy atom. The fourth-order valence-electron chi connectivity index (χ4n) is 0.451. The predicted molar refractivity (Wildman–Crippen MR) is 33.0 cm³/mol. The van der Waals surface area contributed by atoms with Crippen LogP contribution < -0.4 is 5.73 Å². The molecule has 0 aliphatic rings. The van der Waals surface area contributed by atoms with Crippen LogP contribution in [0.1, 0.15) is 5.82 Å². The lowest BCUT2D eigenvalue weighted by Gasteiger charge is -1.92. The molecule has 1 heterocycles. The van der Waals surface area contributed by atoms with Crippen LogP contribution in [0.4, 0.5) is 4.39 Å². The van der Waals surface area contributed by atoms with Gasteiger partial charge in [-0.3, -0.25) is 5.41 Å². The summed E-state index contributed by atoms with van der Waals surface area (Å²) in [7, 11) is 0. The van der Waals surface area contributed by atoms with Crippen molar-refractivity contribution in [3.05, 3.63) is 24.0 Å². The zero-order chi connectivity index (χ0) is 7.56. The molecule has 0 saturated carbocycles. The third kappa shape index (κ3) is 1.25. The van der Waals surface area contributed by atoms with Gasteiger partial charge in [-0.15, -0.1) is 0 Å². The second-order valence-corrected chi connectivity index (χ2v) is 1.64. The number of aromatic nitrogens is 2. The number of nitrogens with two attached hydrogens (primary N) is 1. The highest BCUT2D eigenvalue weighted by Gasteiger charge is 1.97. The monoisotopic (exact) mass is 140 g/mol. The minimum absolute atomic E-state index is 0.0430. The van der Waals surface area contributed by atoms with Gasteiger partial charge in [0.05, 0.1) is 12.4 Å². The summed E-state index contributed by atoms with van der Waals surface area (Å²) in [6.45, 7) is 0. The van der Waals surface area contributed by atoms with E-state index >= 15 is 0 Å². The number of nitrogen functional groups attached to an aromatic ring is 1. The molecule has 1 rings (SSSR count). The van der Waals surface area contributed by atoms with Crippen molar-refractivity contribution < 1.29 is 4.39 Å². The van der Waals surface area contributed by atoms with E-state index in [9.17, 15) is 4.39 Å². The minimum Gasteiger partial charge on any atom is -0.381 e. The highest BCUT2D eigenvalue weighted by Crippen LogP contribution is 1.90. The maximum absolute atomic E-state index is 12.1. The standard InChI is InChI=1S/C5H5FN4/c6-3-1-9-5(4(7)8)10-2-3/h1-2H,(H3,7,8). The molecule has 0 unspecified atom stereocenters. The van der Waals surface area contributed by atoms with Gasteiger partial charge in [-0.1, -0.05) is 0 Å². The minimum atomic E-state index is -0.537. The zero-order valence-corrected chi connectivity index (χ0v) is 5.00. The third-order valence-corrected chi connectivity index (χ3v) is 0.861. The summed E-state index contributed by atoms with van der Waals surface area (Å²) < 4.78 is 12.1. The highest BCUT2D eigenvalue weighted by atomic mass is 19.1. The Labute approximate surface area is 56.4 Å². The number of hydrogen-bond donors (Lipinski definition) is 2. The Kier molecular flexibility index (Phi) is 1.57. The maximum atomic E-state index is 12.1. The first-order chi connectivity index (χ1) is 4.70. The summed E-state index contributed by atoms with van der Waals surface area (Å²) in [5.41, 5.74) is 5.00. The van der Waals surface area contributed by atoms with Gasteiger partial charge >= 0.3 is 0 Å². The molecule has 0 radical (unpaired) electrons. The molecule has 5 heteroatoms. The molecule has 3 N–H and O–H groups in total. The van der Waals surface area contributed by atoms with Crippen molar-refractivity contribution in [2.24, 2.45) is 5.73 Å². The lowest BCUT2D eigenvalue weighted by atomic mass is 10.5. The van der Waals surface area contributed by atoms with Gasteiger partial charge in [0, 0.05) is 0 Å². The smallest absolute Gasteiger partial charge is 0.194 e. The van der Waals surface area contributed by atoms with Crippen molar-refractivity contribution >= 4 is 5.84 Å². The number of rotatable bonds is 1. The number of amidine groups is 1. The molecule has 0 bridgehead atoms. The van der Waals surface area contributed by atoms with Gasteiger partial charge < -0.3 is 5.73 Å². The van der Waals surface area contributed by atoms with E-state index in [-0.39, 0.29) is 11.7 Å². The lowest BCUT2D eigenvalue weighted by molar-refractivity contribution is 0.612. The van der Waals surface area contributed by atoms with E-state index in [0.717, 1.165) is 12.4 Å². The summed E-state index contributed by atoms with van der Waals surface area (Å²) in [6, 6.07) is 0. The third-order valence-electron chi connectivity index (χ3n) is 0.861. The van der Waals surface area contributed by atoms with Crippen molar-refractivity contribution in [3.63, 3.8) is 0 Å². The van der Waals surface area contributed by atoms with Gasteiger partial charge in [0.15, 0.2) is 17.5 Å². The first-order valence-electron chi connectivity index (χ1n) is 2.52. The predicted octanol–water partition coefficient (Wildman–Crippen LogP) is -0.100. The summed E-state index contributed by atoms with van der Waals surface area (Å²) in [6.07, 6.45) is 1.92. The number of nitrogens with one attached hydrogen (secondary N) is 1. The van der Waals surface area contributed by atoms with E-state index in [1.54, 1.807) is 0 Å². The van der Waals surface area contributed by atoms with Crippen LogP contribution in [0.25, 0.3) is 0 Å². The average molecular weight is 140 g/mol. The van der Waals surface area contributed by atoms with Gasteiger partial charge in [0.1, 0.15) is 0 Å². The fourth-order valence-corrected chi connectivity index (χ4v) is 0.451. The van der Waals surface area contributed by atoms with E-state index in [4.69, 9.17) is 11.1 Å².